The number of carbonyl (C=O) groups is 1. The summed E-state index contributed by atoms with van der Waals surface area (Å²) in [5.74, 6) is -0.311. The average molecular weight is 316 g/mol. The minimum atomic E-state index is -0.880. The number of carboxylic acids is 1. The molecule has 2 aromatic heterocycles. The van der Waals surface area contributed by atoms with Crippen LogP contribution in [0.5, 0.6) is 0 Å². The molecule has 0 radical (unpaired) electrons. The molecule has 6 heteroatoms. The van der Waals surface area contributed by atoms with Crippen molar-refractivity contribution in [3.63, 3.8) is 0 Å². The number of pyridine rings is 1. The third kappa shape index (κ3) is 2.72. The summed E-state index contributed by atoms with van der Waals surface area (Å²) < 4.78 is 0.994. The van der Waals surface area contributed by atoms with Gasteiger partial charge in [0.1, 0.15) is 4.88 Å². The number of aromatic nitrogens is 1. The van der Waals surface area contributed by atoms with E-state index in [1.807, 2.05) is 30.3 Å². The molecule has 3 N–H and O–H groups in total. The number of carboxylic acid groups (broad SMARTS) is 1. The van der Waals surface area contributed by atoms with Gasteiger partial charge in [0.2, 0.25) is 0 Å². The van der Waals surface area contributed by atoms with Gasteiger partial charge in [-0.25, -0.2) is 4.79 Å². The van der Waals surface area contributed by atoms with Crippen LogP contribution >= 0.6 is 23.1 Å². The average Bonchev–Trinajstić information content (AvgIpc) is 2.85. The second kappa shape index (κ2) is 5.75. The summed E-state index contributed by atoms with van der Waals surface area (Å²) in [5, 5.41) is 10.4. The standard InChI is InChI=1S/C15H12N2O2S2/c16-11-7-17-6-5-13(11)20-8-10-9-3-1-2-4-12(9)21-14(10)15(18)19/h1-7H,8,16H2,(H,18,19). The van der Waals surface area contributed by atoms with Gasteiger partial charge in [0.15, 0.2) is 0 Å². The topological polar surface area (TPSA) is 76.2 Å². The van der Waals surface area contributed by atoms with E-state index in [1.165, 1.54) is 23.1 Å². The predicted octanol–water partition coefficient (Wildman–Crippen LogP) is 3.87. The molecule has 1 aromatic carbocycles. The molecular formula is C15H12N2O2S2. The van der Waals surface area contributed by atoms with Crippen LogP contribution in [-0.4, -0.2) is 16.1 Å². The molecule has 3 aromatic rings. The van der Waals surface area contributed by atoms with Crippen molar-refractivity contribution in [2.24, 2.45) is 0 Å². The first-order valence-electron chi connectivity index (χ1n) is 6.23. The van der Waals surface area contributed by atoms with Gasteiger partial charge >= 0.3 is 5.97 Å². The quantitative estimate of drug-likeness (QED) is 0.715. The van der Waals surface area contributed by atoms with Gasteiger partial charge in [-0.3, -0.25) is 4.98 Å². The summed E-state index contributed by atoms with van der Waals surface area (Å²) >= 11 is 2.84. The Kier molecular flexibility index (Phi) is 3.81. The highest BCUT2D eigenvalue weighted by molar-refractivity contribution is 7.98. The molecule has 0 aliphatic heterocycles. The fourth-order valence-corrected chi connectivity index (χ4v) is 4.22. The van der Waals surface area contributed by atoms with Crippen molar-refractivity contribution in [2.75, 3.05) is 5.73 Å². The second-order valence-corrected chi connectivity index (χ2v) is 6.48. The normalized spacial score (nSPS) is 10.9. The van der Waals surface area contributed by atoms with E-state index in [0.717, 1.165) is 20.5 Å². The molecule has 21 heavy (non-hydrogen) atoms. The van der Waals surface area contributed by atoms with Gasteiger partial charge in [-0.15, -0.1) is 23.1 Å². The molecule has 2 heterocycles. The van der Waals surface area contributed by atoms with Gasteiger partial charge in [-0.05, 0) is 23.1 Å². The van der Waals surface area contributed by atoms with Gasteiger partial charge in [0.05, 0.1) is 11.9 Å². The summed E-state index contributed by atoms with van der Waals surface area (Å²) in [6.45, 7) is 0. The van der Waals surface area contributed by atoms with E-state index in [1.54, 1.807) is 12.4 Å². The zero-order chi connectivity index (χ0) is 14.8. The van der Waals surface area contributed by atoms with E-state index in [9.17, 15) is 9.90 Å². The summed E-state index contributed by atoms with van der Waals surface area (Å²) in [5.41, 5.74) is 7.33. The first kappa shape index (κ1) is 13.9. The van der Waals surface area contributed by atoms with Crippen LogP contribution < -0.4 is 5.73 Å². The van der Waals surface area contributed by atoms with Crippen LogP contribution in [0.15, 0.2) is 47.6 Å². The van der Waals surface area contributed by atoms with E-state index in [2.05, 4.69) is 4.98 Å². The van der Waals surface area contributed by atoms with Crippen LogP contribution in [0.1, 0.15) is 15.2 Å². The zero-order valence-corrected chi connectivity index (χ0v) is 12.6. The maximum Gasteiger partial charge on any atom is 0.346 e. The van der Waals surface area contributed by atoms with E-state index >= 15 is 0 Å². The first-order valence-corrected chi connectivity index (χ1v) is 8.03. The Morgan fingerprint density at radius 1 is 1.33 bits per heavy atom. The monoisotopic (exact) mass is 316 g/mol. The van der Waals surface area contributed by atoms with Crippen molar-refractivity contribution in [2.45, 2.75) is 10.6 Å². The van der Waals surface area contributed by atoms with E-state index in [-0.39, 0.29) is 0 Å². The molecule has 0 aliphatic carbocycles. The molecule has 0 aliphatic rings. The van der Waals surface area contributed by atoms with Crippen LogP contribution in [0.25, 0.3) is 10.1 Å². The summed E-state index contributed by atoms with van der Waals surface area (Å²) in [4.78, 5) is 16.7. The fourth-order valence-electron chi connectivity index (χ4n) is 2.09. The van der Waals surface area contributed by atoms with Crippen molar-refractivity contribution >= 4 is 44.8 Å². The number of aromatic carboxylic acids is 1. The van der Waals surface area contributed by atoms with Crippen LogP contribution in [0, 0.1) is 0 Å². The number of thiophene rings is 1. The lowest BCUT2D eigenvalue weighted by Crippen LogP contribution is -1.97. The molecule has 3 rings (SSSR count). The summed E-state index contributed by atoms with van der Waals surface area (Å²) in [6, 6.07) is 9.60. The fraction of sp³-hybridized carbons (Fsp3) is 0.0667. The van der Waals surface area contributed by atoms with Crippen molar-refractivity contribution in [3.05, 3.63) is 53.2 Å². The first-order chi connectivity index (χ1) is 10.2. The predicted molar refractivity (Wildman–Crippen MR) is 87.0 cm³/mol. The Morgan fingerprint density at radius 3 is 2.90 bits per heavy atom. The van der Waals surface area contributed by atoms with Crippen molar-refractivity contribution in [1.82, 2.24) is 4.98 Å². The molecule has 106 valence electrons. The largest absolute Gasteiger partial charge is 0.477 e. The SMILES string of the molecule is Nc1cnccc1SCc1c(C(=O)O)sc2ccccc12. The Bertz CT molecular complexity index is 814. The minimum absolute atomic E-state index is 0.399. The number of hydrogen-bond acceptors (Lipinski definition) is 5. The molecule has 0 saturated carbocycles. The van der Waals surface area contributed by atoms with Crippen LogP contribution in [-0.2, 0) is 5.75 Å². The molecule has 0 spiro atoms. The molecule has 0 bridgehead atoms. The highest BCUT2D eigenvalue weighted by Crippen LogP contribution is 2.36. The highest BCUT2D eigenvalue weighted by atomic mass is 32.2. The van der Waals surface area contributed by atoms with Crippen LogP contribution in [0.2, 0.25) is 0 Å². The Hall–Kier alpha value is -2.05. The molecule has 0 unspecified atom stereocenters. The lowest BCUT2D eigenvalue weighted by molar-refractivity contribution is 0.0701. The van der Waals surface area contributed by atoms with Crippen LogP contribution in [0.3, 0.4) is 0 Å². The maximum absolute atomic E-state index is 11.4. The third-order valence-electron chi connectivity index (χ3n) is 3.07. The zero-order valence-electron chi connectivity index (χ0n) is 10.9. The molecule has 0 amide bonds. The minimum Gasteiger partial charge on any atom is -0.477 e. The number of nitrogen functional groups attached to an aromatic ring is 1. The molecular weight excluding hydrogens is 304 g/mol. The lowest BCUT2D eigenvalue weighted by atomic mass is 10.1. The highest BCUT2D eigenvalue weighted by Gasteiger charge is 2.17. The number of hydrogen-bond donors (Lipinski definition) is 2. The molecule has 4 nitrogen and oxygen atoms in total. The molecule has 0 saturated heterocycles. The number of nitrogens with zero attached hydrogens (tertiary/aromatic N) is 1. The number of nitrogens with two attached hydrogens (primary N) is 1. The number of anilines is 1. The lowest BCUT2D eigenvalue weighted by Gasteiger charge is -2.05. The van der Waals surface area contributed by atoms with Crippen molar-refractivity contribution in [3.8, 4) is 0 Å². The Balaban J connectivity index is 1.98. The van der Waals surface area contributed by atoms with Crippen molar-refractivity contribution < 1.29 is 9.90 Å². The van der Waals surface area contributed by atoms with Gasteiger partial charge in [-0.2, -0.15) is 0 Å². The van der Waals surface area contributed by atoms with Gasteiger partial charge < -0.3 is 10.8 Å². The Morgan fingerprint density at radius 2 is 2.14 bits per heavy atom. The van der Waals surface area contributed by atoms with Gasteiger partial charge in [0.25, 0.3) is 0 Å². The smallest absolute Gasteiger partial charge is 0.346 e. The van der Waals surface area contributed by atoms with Crippen molar-refractivity contribution in [1.29, 1.82) is 0 Å². The van der Waals surface area contributed by atoms with Crippen LogP contribution in [0.4, 0.5) is 5.69 Å². The van der Waals surface area contributed by atoms with E-state index in [0.29, 0.717) is 16.3 Å². The summed E-state index contributed by atoms with van der Waals surface area (Å²) in [7, 11) is 0. The van der Waals surface area contributed by atoms with E-state index < -0.39 is 5.97 Å². The molecule has 0 fully saturated rings. The maximum atomic E-state index is 11.4. The number of thioether (sulfide) groups is 1. The van der Waals surface area contributed by atoms with Gasteiger partial charge in [0, 0.05) is 21.5 Å². The number of fused-ring (bicyclic) bond motifs is 1. The van der Waals surface area contributed by atoms with E-state index in [4.69, 9.17) is 5.73 Å². The second-order valence-electron chi connectivity index (χ2n) is 4.41. The summed E-state index contributed by atoms with van der Waals surface area (Å²) in [6.07, 6.45) is 3.29. The molecule has 0 atom stereocenters. The van der Waals surface area contributed by atoms with Gasteiger partial charge in [-0.1, -0.05) is 18.2 Å². The third-order valence-corrected chi connectivity index (χ3v) is 5.39. The Labute approximate surface area is 129 Å². The number of rotatable bonds is 4. The number of benzene rings is 1.